The SMILES string of the molecule is COCCN(C)c1c2c(cc3cc(OC)c(OC)cc13)COC2=O. The van der Waals surface area contributed by atoms with Crippen LogP contribution in [-0.2, 0) is 16.1 Å². The van der Waals surface area contributed by atoms with E-state index >= 15 is 0 Å². The number of likely N-dealkylation sites (N-methyl/N-ethyl adjacent to an activating group) is 1. The van der Waals surface area contributed by atoms with Crippen LogP contribution in [0.1, 0.15) is 15.9 Å². The summed E-state index contributed by atoms with van der Waals surface area (Å²) in [6, 6.07) is 5.80. The highest BCUT2D eigenvalue weighted by molar-refractivity contribution is 6.10. The summed E-state index contributed by atoms with van der Waals surface area (Å²) in [5.74, 6) is 0.986. The van der Waals surface area contributed by atoms with Crippen LogP contribution in [0.2, 0.25) is 0 Å². The molecule has 3 rings (SSSR count). The Morgan fingerprint density at radius 3 is 2.50 bits per heavy atom. The van der Waals surface area contributed by atoms with Gasteiger partial charge >= 0.3 is 5.97 Å². The molecule has 0 saturated heterocycles. The lowest BCUT2D eigenvalue weighted by Gasteiger charge is -2.23. The molecule has 24 heavy (non-hydrogen) atoms. The first kappa shape index (κ1) is 16.4. The summed E-state index contributed by atoms with van der Waals surface area (Å²) in [6.07, 6.45) is 0. The van der Waals surface area contributed by atoms with E-state index in [0.29, 0.717) is 36.8 Å². The van der Waals surface area contributed by atoms with Crippen LogP contribution in [0.4, 0.5) is 5.69 Å². The minimum atomic E-state index is -0.291. The summed E-state index contributed by atoms with van der Waals surface area (Å²) < 4.78 is 21.2. The Balaban J connectivity index is 2.27. The maximum atomic E-state index is 12.2. The summed E-state index contributed by atoms with van der Waals surface area (Å²) in [5, 5.41) is 1.90. The van der Waals surface area contributed by atoms with Gasteiger partial charge in [0.25, 0.3) is 0 Å². The number of rotatable bonds is 6. The van der Waals surface area contributed by atoms with E-state index in [1.54, 1.807) is 21.3 Å². The molecule has 0 unspecified atom stereocenters. The molecule has 0 aromatic heterocycles. The topological polar surface area (TPSA) is 57.2 Å². The second-order valence-corrected chi connectivity index (χ2v) is 5.68. The normalized spacial score (nSPS) is 12.9. The fraction of sp³-hybridized carbons (Fsp3) is 0.389. The van der Waals surface area contributed by atoms with Gasteiger partial charge in [-0.3, -0.25) is 0 Å². The van der Waals surface area contributed by atoms with Crippen LogP contribution in [0.5, 0.6) is 11.5 Å². The zero-order chi connectivity index (χ0) is 17.3. The van der Waals surface area contributed by atoms with Gasteiger partial charge in [0.2, 0.25) is 0 Å². The van der Waals surface area contributed by atoms with Crippen LogP contribution in [-0.4, -0.2) is 47.5 Å². The second kappa shape index (κ2) is 6.57. The lowest BCUT2D eigenvalue weighted by molar-refractivity contribution is 0.0535. The van der Waals surface area contributed by atoms with E-state index in [1.165, 1.54) is 0 Å². The largest absolute Gasteiger partial charge is 0.493 e. The summed E-state index contributed by atoms with van der Waals surface area (Å²) in [7, 11) is 6.80. The van der Waals surface area contributed by atoms with Crippen molar-refractivity contribution in [1.29, 1.82) is 0 Å². The van der Waals surface area contributed by atoms with Gasteiger partial charge in [0.1, 0.15) is 6.61 Å². The van der Waals surface area contributed by atoms with Crippen LogP contribution < -0.4 is 14.4 Å². The minimum absolute atomic E-state index is 0.291. The van der Waals surface area contributed by atoms with Crippen molar-refractivity contribution in [2.24, 2.45) is 0 Å². The van der Waals surface area contributed by atoms with Crippen LogP contribution in [0.3, 0.4) is 0 Å². The zero-order valence-electron chi connectivity index (χ0n) is 14.3. The fourth-order valence-electron chi connectivity index (χ4n) is 3.06. The molecule has 2 aromatic carbocycles. The molecule has 0 radical (unpaired) electrons. The lowest BCUT2D eigenvalue weighted by Crippen LogP contribution is -2.24. The first-order valence-electron chi connectivity index (χ1n) is 7.69. The van der Waals surface area contributed by atoms with E-state index in [4.69, 9.17) is 18.9 Å². The van der Waals surface area contributed by atoms with Crippen molar-refractivity contribution in [3.63, 3.8) is 0 Å². The van der Waals surface area contributed by atoms with Gasteiger partial charge in [-0.2, -0.15) is 0 Å². The smallest absolute Gasteiger partial charge is 0.341 e. The standard InChI is InChI=1S/C18H21NO5/c1-19(5-6-21-2)17-13-9-15(23-4)14(22-3)8-11(13)7-12-10-24-18(20)16(12)17/h7-9H,5-6,10H2,1-4H3. The number of cyclic esters (lactones) is 1. The van der Waals surface area contributed by atoms with Gasteiger partial charge in [0.15, 0.2) is 11.5 Å². The number of ether oxygens (including phenoxy) is 4. The molecule has 2 aromatic rings. The van der Waals surface area contributed by atoms with Gasteiger partial charge in [-0.05, 0) is 23.6 Å². The van der Waals surface area contributed by atoms with Crippen molar-refractivity contribution >= 4 is 22.4 Å². The Hall–Kier alpha value is -2.47. The van der Waals surface area contributed by atoms with Crippen molar-refractivity contribution in [3.05, 3.63) is 29.3 Å². The molecule has 0 atom stereocenters. The van der Waals surface area contributed by atoms with Gasteiger partial charge in [-0.1, -0.05) is 0 Å². The molecule has 0 fully saturated rings. The van der Waals surface area contributed by atoms with Crippen LogP contribution in [0, 0.1) is 0 Å². The van der Waals surface area contributed by atoms with E-state index in [9.17, 15) is 4.79 Å². The molecule has 0 spiro atoms. The highest BCUT2D eigenvalue weighted by Gasteiger charge is 2.29. The van der Waals surface area contributed by atoms with E-state index in [0.717, 1.165) is 22.0 Å². The van der Waals surface area contributed by atoms with Crippen molar-refractivity contribution in [2.45, 2.75) is 6.61 Å². The average molecular weight is 331 g/mol. The van der Waals surface area contributed by atoms with Crippen molar-refractivity contribution in [3.8, 4) is 11.5 Å². The summed E-state index contributed by atoms with van der Waals surface area (Å²) in [4.78, 5) is 14.3. The molecule has 1 aliphatic heterocycles. The number of methoxy groups -OCH3 is 3. The van der Waals surface area contributed by atoms with E-state index in [1.807, 2.05) is 30.1 Å². The van der Waals surface area contributed by atoms with Crippen molar-refractivity contribution in [1.82, 2.24) is 0 Å². The number of carbonyl (C=O) groups excluding carboxylic acids is 1. The molecular formula is C18H21NO5. The molecular weight excluding hydrogens is 310 g/mol. The molecule has 0 N–H and O–H groups in total. The predicted molar refractivity (Wildman–Crippen MR) is 91.3 cm³/mol. The first-order chi connectivity index (χ1) is 11.6. The van der Waals surface area contributed by atoms with Gasteiger partial charge in [-0.25, -0.2) is 4.79 Å². The highest BCUT2D eigenvalue weighted by atomic mass is 16.5. The van der Waals surface area contributed by atoms with Gasteiger partial charge in [0.05, 0.1) is 32.1 Å². The fourth-order valence-corrected chi connectivity index (χ4v) is 3.06. The first-order valence-corrected chi connectivity index (χ1v) is 7.69. The third-order valence-corrected chi connectivity index (χ3v) is 4.27. The number of hydrogen-bond acceptors (Lipinski definition) is 6. The molecule has 0 aliphatic carbocycles. The Morgan fingerprint density at radius 1 is 1.12 bits per heavy atom. The van der Waals surface area contributed by atoms with Gasteiger partial charge < -0.3 is 23.8 Å². The molecule has 0 saturated carbocycles. The monoisotopic (exact) mass is 331 g/mol. The summed E-state index contributed by atoms with van der Waals surface area (Å²) in [6.45, 7) is 1.51. The number of carbonyl (C=O) groups is 1. The van der Waals surface area contributed by atoms with Crippen LogP contribution in [0.25, 0.3) is 10.8 Å². The number of esters is 1. The molecule has 1 heterocycles. The zero-order valence-corrected chi connectivity index (χ0v) is 14.3. The number of nitrogens with zero attached hydrogens (tertiary/aromatic N) is 1. The highest BCUT2D eigenvalue weighted by Crippen LogP contribution is 2.41. The Labute approximate surface area is 140 Å². The van der Waals surface area contributed by atoms with Crippen molar-refractivity contribution in [2.75, 3.05) is 46.4 Å². The summed E-state index contributed by atoms with van der Waals surface area (Å²) >= 11 is 0. The average Bonchev–Trinajstić information content (AvgIpc) is 2.96. The third-order valence-electron chi connectivity index (χ3n) is 4.27. The maximum Gasteiger partial charge on any atom is 0.341 e. The number of hydrogen-bond donors (Lipinski definition) is 0. The number of anilines is 1. The van der Waals surface area contributed by atoms with Crippen LogP contribution >= 0.6 is 0 Å². The molecule has 0 amide bonds. The quantitative estimate of drug-likeness (QED) is 0.759. The molecule has 6 nitrogen and oxygen atoms in total. The summed E-state index contributed by atoms with van der Waals surface area (Å²) in [5.41, 5.74) is 2.34. The molecule has 0 bridgehead atoms. The van der Waals surface area contributed by atoms with E-state index < -0.39 is 0 Å². The number of fused-ring (bicyclic) bond motifs is 2. The number of benzene rings is 2. The third kappa shape index (κ3) is 2.63. The predicted octanol–water partition coefficient (Wildman–Crippen LogP) is 2.61. The lowest BCUT2D eigenvalue weighted by atomic mass is 9.98. The van der Waals surface area contributed by atoms with Crippen LogP contribution in [0.15, 0.2) is 18.2 Å². The second-order valence-electron chi connectivity index (χ2n) is 5.68. The Kier molecular flexibility index (Phi) is 4.49. The minimum Gasteiger partial charge on any atom is -0.493 e. The van der Waals surface area contributed by atoms with E-state index in [-0.39, 0.29) is 5.97 Å². The molecule has 6 heteroatoms. The maximum absolute atomic E-state index is 12.2. The molecule has 1 aliphatic rings. The van der Waals surface area contributed by atoms with Gasteiger partial charge in [-0.15, -0.1) is 0 Å². The Bertz CT molecular complexity index is 787. The Morgan fingerprint density at radius 2 is 1.83 bits per heavy atom. The van der Waals surface area contributed by atoms with E-state index in [2.05, 4.69) is 0 Å². The van der Waals surface area contributed by atoms with Crippen molar-refractivity contribution < 1.29 is 23.7 Å². The van der Waals surface area contributed by atoms with Gasteiger partial charge in [0, 0.05) is 31.7 Å². The molecule has 128 valence electrons.